The van der Waals surface area contributed by atoms with Crippen LogP contribution in [-0.2, 0) is 10.0 Å². The summed E-state index contributed by atoms with van der Waals surface area (Å²) >= 11 is 6.18. The molecule has 0 spiro atoms. The molecule has 2 aromatic carbocycles. The lowest BCUT2D eigenvalue weighted by molar-refractivity contribution is 0.102. The van der Waals surface area contributed by atoms with Crippen LogP contribution < -0.4 is 5.32 Å². The SMILES string of the molecule is O=C(Nc1ccc(Cl)c(S(=O)(=O)N2CCCC2)c1)c1ccccc1-n1cccn1. The third-order valence-corrected chi connectivity index (χ3v) is 7.15. The molecule has 0 bridgehead atoms. The number of carbonyl (C=O) groups excluding carboxylic acids is 1. The molecule has 1 amide bonds. The average Bonchev–Trinajstić information content (AvgIpc) is 3.43. The smallest absolute Gasteiger partial charge is 0.257 e. The fourth-order valence-corrected chi connectivity index (χ4v) is 5.34. The third kappa shape index (κ3) is 3.91. The van der Waals surface area contributed by atoms with Gasteiger partial charge in [0, 0.05) is 31.2 Å². The maximum absolute atomic E-state index is 12.9. The van der Waals surface area contributed by atoms with Crippen LogP contribution in [0.4, 0.5) is 5.69 Å². The number of hydrogen-bond acceptors (Lipinski definition) is 4. The zero-order valence-electron chi connectivity index (χ0n) is 15.5. The van der Waals surface area contributed by atoms with Crippen molar-refractivity contribution in [2.75, 3.05) is 18.4 Å². The molecule has 150 valence electrons. The molecule has 29 heavy (non-hydrogen) atoms. The second-order valence-electron chi connectivity index (χ2n) is 6.68. The normalized spacial score (nSPS) is 14.8. The molecule has 1 aliphatic heterocycles. The zero-order valence-corrected chi connectivity index (χ0v) is 17.0. The highest BCUT2D eigenvalue weighted by atomic mass is 35.5. The molecule has 7 nitrogen and oxygen atoms in total. The second kappa shape index (κ2) is 7.98. The van der Waals surface area contributed by atoms with Crippen molar-refractivity contribution in [3.63, 3.8) is 0 Å². The van der Waals surface area contributed by atoms with Crippen LogP contribution in [0.15, 0.2) is 65.8 Å². The predicted octanol–water partition coefficient (Wildman–Crippen LogP) is 3.56. The van der Waals surface area contributed by atoms with Crippen molar-refractivity contribution in [2.45, 2.75) is 17.7 Å². The molecule has 0 aliphatic carbocycles. The third-order valence-electron chi connectivity index (χ3n) is 4.77. The first-order valence-corrected chi connectivity index (χ1v) is 11.0. The van der Waals surface area contributed by atoms with Gasteiger partial charge < -0.3 is 5.32 Å². The molecule has 1 aliphatic rings. The number of anilines is 1. The molecule has 2 heterocycles. The molecule has 0 unspecified atom stereocenters. The van der Waals surface area contributed by atoms with Gasteiger partial charge in [0.2, 0.25) is 10.0 Å². The van der Waals surface area contributed by atoms with Crippen LogP contribution in [0.1, 0.15) is 23.2 Å². The van der Waals surface area contributed by atoms with Gasteiger partial charge in [-0.2, -0.15) is 9.40 Å². The Morgan fingerprint density at radius 1 is 1.07 bits per heavy atom. The van der Waals surface area contributed by atoms with E-state index in [0.29, 0.717) is 30.0 Å². The molecule has 1 aromatic heterocycles. The number of para-hydroxylation sites is 1. The summed E-state index contributed by atoms with van der Waals surface area (Å²) in [7, 11) is -3.70. The Morgan fingerprint density at radius 2 is 1.83 bits per heavy atom. The van der Waals surface area contributed by atoms with Crippen molar-refractivity contribution < 1.29 is 13.2 Å². The van der Waals surface area contributed by atoms with E-state index in [4.69, 9.17) is 11.6 Å². The fourth-order valence-electron chi connectivity index (χ4n) is 3.32. The topological polar surface area (TPSA) is 84.3 Å². The van der Waals surface area contributed by atoms with Crippen LogP contribution in [0.25, 0.3) is 5.69 Å². The van der Waals surface area contributed by atoms with Crippen LogP contribution in [0.5, 0.6) is 0 Å². The van der Waals surface area contributed by atoms with E-state index in [9.17, 15) is 13.2 Å². The van der Waals surface area contributed by atoms with Crippen molar-refractivity contribution >= 4 is 33.2 Å². The maximum Gasteiger partial charge on any atom is 0.257 e. The standard InChI is InChI=1S/C20H19ClN4O3S/c21-17-9-8-15(14-19(17)29(27,28)24-11-3-4-12-24)23-20(26)16-6-1-2-7-18(16)25-13-5-10-22-25/h1-2,5-10,13-14H,3-4,11-12H2,(H,23,26). The molecule has 1 saturated heterocycles. The largest absolute Gasteiger partial charge is 0.322 e. The van der Waals surface area contributed by atoms with Gasteiger partial charge in [0.05, 0.1) is 16.3 Å². The molecule has 0 radical (unpaired) electrons. The minimum atomic E-state index is -3.70. The monoisotopic (exact) mass is 430 g/mol. The summed E-state index contributed by atoms with van der Waals surface area (Å²) in [6.45, 7) is 0.957. The van der Waals surface area contributed by atoms with Gasteiger partial charge in [-0.05, 0) is 49.2 Å². The van der Waals surface area contributed by atoms with E-state index in [1.165, 1.54) is 16.4 Å². The Hall–Kier alpha value is -2.68. The minimum Gasteiger partial charge on any atom is -0.322 e. The maximum atomic E-state index is 12.9. The first-order chi connectivity index (χ1) is 14.0. The van der Waals surface area contributed by atoms with Crippen LogP contribution in [0, 0.1) is 0 Å². The van der Waals surface area contributed by atoms with E-state index >= 15 is 0 Å². The Kier molecular flexibility index (Phi) is 5.40. The highest BCUT2D eigenvalue weighted by Crippen LogP contribution is 2.30. The fraction of sp³-hybridized carbons (Fsp3) is 0.200. The Balaban J connectivity index is 1.64. The van der Waals surface area contributed by atoms with Gasteiger partial charge in [-0.1, -0.05) is 23.7 Å². The summed E-state index contributed by atoms with van der Waals surface area (Å²) in [5.41, 5.74) is 1.39. The number of benzene rings is 2. The number of hydrogen-bond donors (Lipinski definition) is 1. The van der Waals surface area contributed by atoms with Gasteiger partial charge in [0.1, 0.15) is 4.90 Å². The number of sulfonamides is 1. The first-order valence-electron chi connectivity index (χ1n) is 9.17. The second-order valence-corrected chi connectivity index (χ2v) is 8.99. The number of carbonyl (C=O) groups is 1. The molecule has 9 heteroatoms. The lowest BCUT2D eigenvalue weighted by atomic mass is 10.1. The van der Waals surface area contributed by atoms with Gasteiger partial charge >= 0.3 is 0 Å². The lowest BCUT2D eigenvalue weighted by Crippen LogP contribution is -2.28. The summed E-state index contributed by atoms with van der Waals surface area (Å²) in [5, 5.41) is 7.07. The molecule has 1 N–H and O–H groups in total. The summed E-state index contributed by atoms with van der Waals surface area (Å²) in [6.07, 6.45) is 5.04. The van der Waals surface area contributed by atoms with Gasteiger partial charge in [-0.3, -0.25) is 4.79 Å². The molecule has 0 atom stereocenters. The summed E-state index contributed by atoms with van der Waals surface area (Å²) in [6, 6.07) is 13.3. The molecular formula is C20H19ClN4O3S. The van der Waals surface area contributed by atoms with Gasteiger partial charge in [-0.25, -0.2) is 13.1 Å². The molecular weight excluding hydrogens is 412 g/mol. The number of nitrogens with zero attached hydrogens (tertiary/aromatic N) is 3. The van der Waals surface area contributed by atoms with E-state index < -0.39 is 10.0 Å². The lowest BCUT2D eigenvalue weighted by Gasteiger charge is -2.17. The quantitative estimate of drug-likeness (QED) is 0.670. The van der Waals surface area contributed by atoms with Crippen LogP contribution in [0.3, 0.4) is 0 Å². The van der Waals surface area contributed by atoms with Crippen molar-refractivity contribution in [3.05, 3.63) is 71.5 Å². The average molecular weight is 431 g/mol. The van der Waals surface area contributed by atoms with Gasteiger partial charge in [0.25, 0.3) is 5.91 Å². The molecule has 4 rings (SSSR count). The van der Waals surface area contributed by atoms with Gasteiger partial charge in [0.15, 0.2) is 0 Å². The summed E-state index contributed by atoms with van der Waals surface area (Å²) in [4.78, 5) is 12.9. The van der Waals surface area contributed by atoms with Crippen molar-refractivity contribution in [3.8, 4) is 5.69 Å². The highest BCUT2D eigenvalue weighted by Gasteiger charge is 2.29. The predicted molar refractivity (Wildman–Crippen MR) is 111 cm³/mol. The Labute approximate surface area is 174 Å². The highest BCUT2D eigenvalue weighted by molar-refractivity contribution is 7.89. The summed E-state index contributed by atoms with van der Waals surface area (Å²) < 4.78 is 28.8. The zero-order chi connectivity index (χ0) is 20.4. The van der Waals surface area contributed by atoms with Crippen molar-refractivity contribution in [1.29, 1.82) is 0 Å². The Morgan fingerprint density at radius 3 is 2.55 bits per heavy atom. The Bertz CT molecular complexity index is 1140. The molecule has 0 saturated carbocycles. The number of amides is 1. The minimum absolute atomic E-state index is 0.000715. The number of halogens is 1. The number of rotatable bonds is 5. The summed E-state index contributed by atoms with van der Waals surface area (Å²) in [5.74, 6) is -0.372. The van der Waals surface area contributed by atoms with E-state index in [1.807, 2.05) is 6.07 Å². The van der Waals surface area contributed by atoms with Crippen LogP contribution in [0.2, 0.25) is 5.02 Å². The van der Waals surface area contributed by atoms with E-state index in [2.05, 4.69) is 10.4 Å². The first kappa shape index (κ1) is 19.6. The van der Waals surface area contributed by atoms with Crippen LogP contribution in [-0.4, -0.2) is 41.5 Å². The van der Waals surface area contributed by atoms with Crippen molar-refractivity contribution in [2.24, 2.45) is 0 Å². The van der Waals surface area contributed by atoms with E-state index in [-0.39, 0.29) is 15.8 Å². The van der Waals surface area contributed by atoms with E-state index in [0.717, 1.165) is 12.8 Å². The number of aromatic nitrogens is 2. The number of nitrogens with one attached hydrogen (secondary N) is 1. The molecule has 1 fully saturated rings. The molecule has 3 aromatic rings. The van der Waals surface area contributed by atoms with Crippen molar-refractivity contribution in [1.82, 2.24) is 14.1 Å². The van der Waals surface area contributed by atoms with Crippen LogP contribution >= 0.6 is 11.6 Å². The van der Waals surface area contributed by atoms with E-state index in [1.54, 1.807) is 47.4 Å². The van der Waals surface area contributed by atoms with Gasteiger partial charge in [-0.15, -0.1) is 0 Å².